The fourth-order valence-electron chi connectivity index (χ4n) is 2.88. The molecule has 0 aliphatic carbocycles. The molecular weight excluding hydrogens is 188 g/mol. The molecular formula is C12H24N2O. The van der Waals surface area contributed by atoms with Crippen LogP contribution in [0, 0.1) is 5.41 Å². The van der Waals surface area contributed by atoms with E-state index >= 15 is 0 Å². The van der Waals surface area contributed by atoms with Crippen molar-refractivity contribution in [1.29, 1.82) is 0 Å². The lowest BCUT2D eigenvalue weighted by atomic mass is 9.78. The lowest BCUT2D eigenvalue weighted by molar-refractivity contribution is -0.0151. The number of hydrogen-bond acceptors (Lipinski definition) is 3. The minimum absolute atomic E-state index is 0.637. The summed E-state index contributed by atoms with van der Waals surface area (Å²) in [5.74, 6) is 0. The van der Waals surface area contributed by atoms with Gasteiger partial charge in [-0.05, 0) is 26.8 Å². The van der Waals surface area contributed by atoms with Crippen LogP contribution in [-0.4, -0.2) is 62.3 Å². The molecule has 0 bridgehead atoms. The third-order valence-electron chi connectivity index (χ3n) is 3.94. The number of nitrogens with zero attached hydrogens (tertiary/aromatic N) is 2. The highest BCUT2D eigenvalue weighted by molar-refractivity contribution is 5.01. The first-order valence-electron chi connectivity index (χ1n) is 6.11. The molecule has 0 atom stereocenters. The second-order valence-electron chi connectivity index (χ2n) is 5.52. The monoisotopic (exact) mass is 212 g/mol. The zero-order valence-corrected chi connectivity index (χ0v) is 10.3. The maximum absolute atomic E-state index is 5.13. The van der Waals surface area contributed by atoms with Crippen molar-refractivity contribution in [1.82, 2.24) is 9.80 Å². The zero-order chi connectivity index (χ0) is 10.9. The van der Waals surface area contributed by atoms with Gasteiger partial charge in [0.05, 0.1) is 6.61 Å². The van der Waals surface area contributed by atoms with Gasteiger partial charge in [-0.15, -0.1) is 0 Å². The van der Waals surface area contributed by atoms with Crippen molar-refractivity contribution in [3.63, 3.8) is 0 Å². The molecule has 0 saturated carbocycles. The largest absolute Gasteiger partial charge is 0.383 e. The van der Waals surface area contributed by atoms with Crippen LogP contribution in [0.2, 0.25) is 0 Å². The van der Waals surface area contributed by atoms with Gasteiger partial charge in [0.1, 0.15) is 0 Å². The molecule has 2 aliphatic rings. The van der Waals surface area contributed by atoms with E-state index < -0.39 is 0 Å². The van der Waals surface area contributed by atoms with Crippen molar-refractivity contribution in [3.05, 3.63) is 0 Å². The van der Waals surface area contributed by atoms with Gasteiger partial charge in [-0.25, -0.2) is 0 Å². The summed E-state index contributed by atoms with van der Waals surface area (Å²) in [4.78, 5) is 5.14. The Morgan fingerprint density at radius 3 is 2.60 bits per heavy atom. The van der Waals surface area contributed by atoms with Crippen LogP contribution in [-0.2, 0) is 4.74 Å². The second kappa shape index (κ2) is 4.40. The Labute approximate surface area is 93.4 Å². The molecule has 15 heavy (non-hydrogen) atoms. The van der Waals surface area contributed by atoms with E-state index in [0.717, 1.165) is 19.2 Å². The lowest BCUT2D eigenvalue weighted by Crippen LogP contribution is -2.59. The molecule has 2 rings (SSSR count). The van der Waals surface area contributed by atoms with E-state index in [1.54, 1.807) is 7.11 Å². The molecule has 0 radical (unpaired) electrons. The highest BCUT2D eigenvalue weighted by atomic mass is 16.5. The first-order valence-corrected chi connectivity index (χ1v) is 6.11. The smallest absolute Gasteiger partial charge is 0.0589 e. The van der Waals surface area contributed by atoms with Crippen LogP contribution in [0.15, 0.2) is 0 Å². The lowest BCUT2D eigenvalue weighted by Gasteiger charge is -2.50. The summed E-state index contributed by atoms with van der Waals surface area (Å²) >= 11 is 0. The van der Waals surface area contributed by atoms with Gasteiger partial charge in [0, 0.05) is 44.7 Å². The molecule has 0 unspecified atom stereocenters. The topological polar surface area (TPSA) is 15.7 Å². The van der Waals surface area contributed by atoms with Crippen LogP contribution in [0.25, 0.3) is 0 Å². The predicted octanol–water partition coefficient (Wildman–Crippen LogP) is 1.05. The number of hydrogen-bond donors (Lipinski definition) is 0. The van der Waals surface area contributed by atoms with E-state index in [4.69, 9.17) is 4.74 Å². The summed E-state index contributed by atoms with van der Waals surface area (Å²) in [6, 6.07) is 0.726. The summed E-state index contributed by atoms with van der Waals surface area (Å²) in [5, 5.41) is 0. The molecule has 0 aromatic rings. The molecule has 3 heteroatoms. The van der Waals surface area contributed by atoms with Crippen molar-refractivity contribution in [2.75, 3.05) is 46.4 Å². The summed E-state index contributed by atoms with van der Waals surface area (Å²) in [6.45, 7) is 11.8. The Kier molecular flexibility index (Phi) is 3.33. The van der Waals surface area contributed by atoms with Gasteiger partial charge < -0.3 is 9.64 Å². The molecule has 0 N–H and O–H groups in total. The summed E-state index contributed by atoms with van der Waals surface area (Å²) in [5.41, 5.74) is 0.637. The zero-order valence-electron chi connectivity index (χ0n) is 10.3. The van der Waals surface area contributed by atoms with Crippen molar-refractivity contribution < 1.29 is 4.74 Å². The Balaban J connectivity index is 1.74. The van der Waals surface area contributed by atoms with E-state index in [1.165, 1.54) is 32.6 Å². The van der Waals surface area contributed by atoms with E-state index in [0.29, 0.717) is 5.41 Å². The summed E-state index contributed by atoms with van der Waals surface area (Å²) in [6.07, 6.45) is 1.39. The molecule has 0 aromatic carbocycles. The fraction of sp³-hybridized carbons (Fsp3) is 1.00. The number of likely N-dealkylation sites (tertiary alicyclic amines) is 2. The van der Waals surface area contributed by atoms with E-state index in [9.17, 15) is 0 Å². The molecule has 2 saturated heterocycles. The van der Waals surface area contributed by atoms with Gasteiger partial charge in [0.25, 0.3) is 0 Å². The summed E-state index contributed by atoms with van der Waals surface area (Å²) in [7, 11) is 1.79. The van der Waals surface area contributed by atoms with Gasteiger partial charge in [-0.2, -0.15) is 0 Å². The minimum atomic E-state index is 0.637. The van der Waals surface area contributed by atoms with Gasteiger partial charge in [-0.1, -0.05) is 0 Å². The van der Waals surface area contributed by atoms with Crippen LogP contribution in [0.1, 0.15) is 20.3 Å². The SMILES string of the molecule is COCCN1CCC2(C1)CN(C(C)C)C2. The molecule has 2 fully saturated rings. The predicted molar refractivity (Wildman–Crippen MR) is 62.1 cm³/mol. The molecule has 88 valence electrons. The van der Waals surface area contributed by atoms with E-state index in [-0.39, 0.29) is 0 Å². The third kappa shape index (κ3) is 2.35. The highest BCUT2D eigenvalue weighted by Crippen LogP contribution is 2.40. The van der Waals surface area contributed by atoms with Crippen molar-refractivity contribution in [3.8, 4) is 0 Å². The Morgan fingerprint density at radius 1 is 1.27 bits per heavy atom. The van der Waals surface area contributed by atoms with Crippen LogP contribution >= 0.6 is 0 Å². The molecule has 2 aliphatic heterocycles. The minimum Gasteiger partial charge on any atom is -0.383 e. The molecule has 3 nitrogen and oxygen atoms in total. The van der Waals surface area contributed by atoms with Crippen LogP contribution in [0.4, 0.5) is 0 Å². The maximum Gasteiger partial charge on any atom is 0.0589 e. The van der Waals surface area contributed by atoms with Gasteiger partial charge in [0.15, 0.2) is 0 Å². The van der Waals surface area contributed by atoms with E-state index in [2.05, 4.69) is 23.6 Å². The number of rotatable bonds is 4. The average molecular weight is 212 g/mol. The Bertz CT molecular complexity index is 212. The van der Waals surface area contributed by atoms with Crippen molar-refractivity contribution in [2.45, 2.75) is 26.3 Å². The molecule has 2 heterocycles. The van der Waals surface area contributed by atoms with Crippen LogP contribution < -0.4 is 0 Å². The van der Waals surface area contributed by atoms with Gasteiger partial charge >= 0.3 is 0 Å². The van der Waals surface area contributed by atoms with E-state index in [1.807, 2.05) is 0 Å². The second-order valence-corrected chi connectivity index (χ2v) is 5.52. The molecule has 1 spiro atoms. The Hall–Kier alpha value is -0.120. The van der Waals surface area contributed by atoms with Crippen LogP contribution in [0.5, 0.6) is 0 Å². The first kappa shape index (κ1) is 11.4. The van der Waals surface area contributed by atoms with Crippen molar-refractivity contribution >= 4 is 0 Å². The quantitative estimate of drug-likeness (QED) is 0.693. The van der Waals surface area contributed by atoms with Crippen molar-refractivity contribution in [2.24, 2.45) is 5.41 Å². The molecule has 0 amide bonds. The van der Waals surface area contributed by atoms with Crippen LogP contribution in [0.3, 0.4) is 0 Å². The summed E-state index contributed by atoms with van der Waals surface area (Å²) < 4.78 is 5.13. The average Bonchev–Trinajstić information content (AvgIpc) is 2.56. The normalized spacial score (nSPS) is 26.4. The van der Waals surface area contributed by atoms with Gasteiger partial charge in [0.2, 0.25) is 0 Å². The molecule has 0 aromatic heterocycles. The van der Waals surface area contributed by atoms with Gasteiger partial charge in [-0.3, -0.25) is 4.90 Å². The first-order chi connectivity index (χ1) is 7.15. The number of ether oxygens (including phenoxy) is 1. The standard InChI is InChI=1S/C12H24N2O/c1-11(2)14-9-12(10-14)4-5-13(8-12)6-7-15-3/h11H,4-10H2,1-3H3. The number of methoxy groups -OCH3 is 1. The third-order valence-corrected chi connectivity index (χ3v) is 3.94. The fourth-order valence-corrected chi connectivity index (χ4v) is 2.88. The maximum atomic E-state index is 5.13. The highest BCUT2D eigenvalue weighted by Gasteiger charge is 2.47. The Morgan fingerprint density at radius 2 is 2.00 bits per heavy atom.